The molecule has 214 valence electrons. The quantitative estimate of drug-likeness (QED) is 0.117. The molecular weight excluding hydrogens is 524 g/mol. The van der Waals surface area contributed by atoms with Crippen molar-refractivity contribution in [3.63, 3.8) is 0 Å². The number of urea groups is 2. The second-order valence-corrected chi connectivity index (χ2v) is 13.4. The third-order valence-corrected chi connectivity index (χ3v) is 10.9. The summed E-state index contributed by atoms with van der Waals surface area (Å²) in [4.78, 5) is 47.0. The number of carbonyl (C=O) groups is 4. The molecular formula is C26H44N6O4S2. The van der Waals surface area contributed by atoms with Gasteiger partial charge >= 0.3 is 12.1 Å². The van der Waals surface area contributed by atoms with Crippen molar-refractivity contribution in [1.29, 1.82) is 0 Å². The molecule has 12 heteroatoms. The van der Waals surface area contributed by atoms with Crippen molar-refractivity contribution in [2.75, 3.05) is 24.6 Å². The molecule has 38 heavy (non-hydrogen) atoms. The number of fused-ring (bicyclic) bond motifs is 2. The highest BCUT2D eigenvalue weighted by Gasteiger charge is 2.43. The van der Waals surface area contributed by atoms with Crippen LogP contribution in [0, 0.1) is 0 Å². The minimum Gasteiger partial charge on any atom is -0.356 e. The zero-order chi connectivity index (χ0) is 26.7. The number of nitrogens with one attached hydrogen (secondary N) is 6. The van der Waals surface area contributed by atoms with Gasteiger partial charge in [-0.05, 0) is 38.5 Å². The number of rotatable bonds is 17. The SMILES string of the molecule is O=C(CCCC[C@@H]1SCC2NC(=O)NC21)NCCCCCCNC(=O)CCCC[C@@H]1SCC2NC(=O)NC21. The van der Waals surface area contributed by atoms with Crippen molar-refractivity contribution < 1.29 is 19.2 Å². The highest BCUT2D eigenvalue weighted by Crippen LogP contribution is 2.34. The van der Waals surface area contributed by atoms with Crippen molar-refractivity contribution in [3.05, 3.63) is 0 Å². The lowest BCUT2D eigenvalue weighted by Crippen LogP contribution is -2.36. The average Bonchev–Trinajstić information content (AvgIpc) is 3.63. The van der Waals surface area contributed by atoms with E-state index in [9.17, 15) is 19.2 Å². The number of unbranched alkanes of at least 4 members (excludes halogenated alkanes) is 5. The van der Waals surface area contributed by atoms with E-state index in [-0.39, 0.29) is 48.0 Å². The van der Waals surface area contributed by atoms with E-state index in [0.717, 1.165) is 75.7 Å². The molecule has 0 saturated carbocycles. The highest BCUT2D eigenvalue weighted by molar-refractivity contribution is 8.00. The maximum Gasteiger partial charge on any atom is 0.315 e. The molecule has 4 saturated heterocycles. The zero-order valence-electron chi connectivity index (χ0n) is 22.2. The number of thioether (sulfide) groups is 2. The van der Waals surface area contributed by atoms with Gasteiger partial charge in [0.15, 0.2) is 0 Å². The summed E-state index contributed by atoms with van der Waals surface area (Å²) in [7, 11) is 0. The van der Waals surface area contributed by atoms with Crippen molar-refractivity contribution >= 4 is 47.4 Å². The molecule has 4 aliphatic rings. The molecule has 6 N–H and O–H groups in total. The summed E-state index contributed by atoms with van der Waals surface area (Å²) >= 11 is 3.84. The summed E-state index contributed by atoms with van der Waals surface area (Å²) in [6.07, 6.45) is 11.0. The number of hydrogen-bond acceptors (Lipinski definition) is 6. The molecule has 0 aliphatic carbocycles. The molecule has 0 radical (unpaired) electrons. The Hall–Kier alpha value is -1.82. The Morgan fingerprint density at radius 2 is 1.08 bits per heavy atom. The van der Waals surface area contributed by atoms with Crippen LogP contribution in [0.5, 0.6) is 0 Å². The van der Waals surface area contributed by atoms with Crippen molar-refractivity contribution in [1.82, 2.24) is 31.9 Å². The fraction of sp³-hybridized carbons (Fsp3) is 0.846. The molecule has 4 aliphatic heterocycles. The molecule has 6 atom stereocenters. The monoisotopic (exact) mass is 568 g/mol. The summed E-state index contributed by atoms with van der Waals surface area (Å²) in [5, 5.41) is 18.9. The number of amides is 6. The van der Waals surface area contributed by atoms with E-state index in [1.54, 1.807) is 0 Å². The summed E-state index contributed by atoms with van der Waals surface area (Å²) in [5.74, 6) is 2.20. The van der Waals surface area contributed by atoms with Gasteiger partial charge in [-0.3, -0.25) is 9.59 Å². The van der Waals surface area contributed by atoms with E-state index in [0.29, 0.717) is 36.4 Å². The largest absolute Gasteiger partial charge is 0.356 e. The first kappa shape index (κ1) is 29.2. The summed E-state index contributed by atoms with van der Waals surface area (Å²) < 4.78 is 0. The minimum atomic E-state index is -0.0475. The lowest BCUT2D eigenvalue weighted by Gasteiger charge is -2.16. The molecule has 6 amide bonds. The van der Waals surface area contributed by atoms with E-state index < -0.39 is 0 Å². The van der Waals surface area contributed by atoms with Gasteiger partial charge in [-0.15, -0.1) is 0 Å². The fourth-order valence-corrected chi connectivity index (χ4v) is 8.87. The summed E-state index contributed by atoms with van der Waals surface area (Å²) in [6, 6.07) is 0.914. The molecule has 10 nitrogen and oxygen atoms in total. The van der Waals surface area contributed by atoms with E-state index in [1.807, 2.05) is 23.5 Å². The topological polar surface area (TPSA) is 140 Å². The van der Waals surface area contributed by atoms with E-state index in [2.05, 4.69) is 31.9 Å². The maximum absolute atomic E-state index is 12.1. The van der Waals surface area contributed by atoms with Gasteiger partial charge in [0.05, 0.1) is 24.2 Å². The Balaban J connectivity index is 0.893. The highest BCUT2D eigenvalue weighted by atomic mass is 32.2. The third-order valence-electron chi connectivity index (χ3n) is 7.91. The van der Waals surface area contributed by atoms with Gasteiger partial charge in [-0.25, -0.2) is 9.59 Å². The van der Waals surface area contributed by atoms with Gasteiger partial charge in [-0.1, -0.05) is 25.7 Å². The van der Waals surface area contributed by atoms with Gasteiger partial charge in [0.1, 0.15) is 0 Å². The van der Waals surface area contributed by atoms with Crippen LogP contribution in [0.1, 0.15) is 77.0 Å². The zero-order valence-corrected chi connectivity index (χ0v) is 23.9. The lowest BCUT2D eigenvalue weighted by atomic mass is 10.0. The lowest BCUT2D eigenvalue weighted by molar-refractivity contribution is -0.122. The Bertz CT molecular complexity index is 768. The van der Waals surface area contributed by atoms with E-state index >= 15 is 0 Å². The Labute approximate surface area is 234 Å². The van der Waals surface area contributed by atoms with Gasteiger partial charge < -0.3 is 31.9 Å². The van der Waals surface area contributed by atoms with Crippen LogP contribution < -0.4 is 31.9 Å². The van der Waals surface area contributed by atoms with Crippen LogP contribution in [0.2, 0.25) is 0 Å². The molecule has 0 aromatic rings. The fourth-order valence-electron chi connectivity index (χ4n) is 5.78. The van der Waals surface area contributed by atoms with Crippen LogP contribution in [-0.4, -0.2) is 83.1 Å². The smallest absolute Gasteiger partial charge is 0.315 e. The second-order valence-electron chi connectivity index (χ2n) is 10.8. The average molecular weight is 569 g/mol. The van der Waals surface area contributed by atoms with Crippen LogP contribution in [0.15, 0.2) is 0 Å². The maximum atomic E-state index is 12.1. The van der Waals surface area contributed by atoms with Gasteiger partial charge in [0, 0.05) is 47.9 Å². The third kappa shape index (κ3) is 8.86. The predicted molar refractivity (Wildman–Crippen MR) is 152 cm³/mol. The summed E-state index contributed by atoms with van der Waals surface area (Å²) in [6.45, 7) is 1.43. The molecule has 4 unspecified atom stereocenters. The van der Waals surface area contributed by atoms with Gasteiger partial charge in [-0.2, -0.15) is 23.5 Å². The van der Waals surface area contributed by atoms with Crippen LogP contribution in [0.3, 0.4) is 0 Å². The van der Waals surface area contributed by atoms with Gasteiger partial charge in [0.2, 0.25) is 11.8 Å². The van der Waals surface area contributed by atoms with Crippen molar-refractivity contribution in [2.45, 2.75) is 112 Å². The summed E-state index contributed by atoms with van der Waals surface area (Å²) in [5.41, 5.74) is 0. The number of carbonyl (C=O) groups excluding carboxylic acids is 4. The van der Waals surface area contributed by atoms with Gasteiger partial charge in [0.25, 0.3) is 0 Å². The number of hydrogen-bond donors (Lipinski definition) is 6. The minimum absolute atomic E-state index is 0.0475. The predicted octanol–water partition coefficient (Wildman–Crippen LogP) is 2.23. The molecule has 4 heterocycles. The molecule has 4 rings (SSSR count). The van der Waals surface area contributed by atoms with Crippen LogP contribution in [0.25, 0.3) is 0 Å². The normalized spacial score (nSPS) is 29.2. The van der Waals surface area contributed by atoms with Crippen molar-refractivity contribution in [2.24, 2.45) is 0 Å². The Morgan fingerprint density at radius 3 is 1.53 bits per heavy atom. The standard InChI is InChI=1S/C26H44N6O4S2/c33-21(11-5-3-9-19-23-17(15-37-19)29-25(35)31-23)27-13-7-1-2-8-14-28-22(34)12-6-4-10-20-24-18(16-38-20)30-26(36)32-24/h17-20,23-24H,1-16H2,(H,27,33)(H,28,34)(H2,29,31,35)(H2,30,32,36)/t17?,18?,19-,20-,23?,24?/m0/s1. The van der Waals surface area contributed by atoms with Crippen LogP contribution >= 0.6 is 23.5 Å². The first-order valence-corrected chi connectivity index (χ1v) is 16.5. The van der Waals surface area contributed by atoms with Crippen LogP contribution in [0.4, 0.5) is 9.59 Å². The van der Waals surface area contributed by atoms with E-state index in [1.165, 1.54) is 0 Å². The molecule has 0 bridgehead atoms. The first-order valence-electron chi connectivity index (χ1n) is 14.4. The second kappa shape index (κ2) is 15.1. The molecule has 0 aromatic carbocycles. The van der Waals surface area contributed by atoms with E-state index in [4.69, 9.17) is 0 Å². The van der Waals surface area contributed by atoms with Crippen LogP contribution in [-0.2, 0) is 9.59 Å². The molecule has 0 spiro atoms. The Kier molecular flexibility index (Phi) is 11.6. The molecule has 0 aromatic heterocycles. The first-order chi connectivity index (χ1) is 18.5. The molecule has 4 fully saturated rings. The Morgan fingerprint density at radius 1 is 0.632 bits per heavy atom. The van der Waals surface area contributed by atoms with Crippen molar-refractivity contribution in [3.8, 4) is 0 Å².